The first kappa shape index (κ1) is 27.3. The number of benzene rings is 6. The normalized spacial score (nSPS) is 13.1. The molecule has 0 atom stereocenters. The number of nitrogens with zero attached hydrogens (tertiary/aromatic N) is 3. The van der Waals surface area contributed by atoms with Gasteiger partial charge in [0.05, 0.1) is 16.7 Å². The molecule has 0 bridgehead atoms. The molecule has 0 spiro atoms. The molecule has 0 saturated carbocycles. The minimum atomic E-state index is -0.171. The van der Waals surface area contributed by atoms with Gasteiger partial charge in [0.15, 0.2) is 5.82 Å². The molecule has 8 aromatic rings. The minimum Gasteiger partial charge on any atom is -0.457 e. The first-order chi connectivity index (χ1) is 23.1. The zero-order valence-corrected chi connectivity index (χ0v) is 26.2. The summed E-state index contributed by atoms with van der Waals surface area (Å²) in [6, 6.07) is 52.4. The second kappa shape index (κ2) is 10.5. The molecule has 0 saturated heterocycles. The van der Waals surface area contributed by atoms with Gasteiger partial charge < -0.3 is 9.30 Å². The second-order valence-electron chi connectivity index (χ2n) is 12.7. The summed E-state index contributed by atoms with van der Waals surface area (Å²) in [5.41, 5.74) is 11.2. The number of rotatable bonds is 5. The van der Waals surface area contributed by atoms with Gasteiger partial charge in [-0.25, -0.2) is 9.97 Å². The standard InChI is InChI=1S/C43H31N3O/c1-43(2)36-22-11-9-20-33(36)39-34-21-10-12-23-38(34)46(41(39)43)30-24-25-37-35(27-30)40(28-14-5-3-6-15-28)45-42(44-37)29-16-13-19-32(26-29)47-31-17-7-4-8-18-31/h3-27H,1-2H3. The van der Waals surface area contributed by atoms with Crippen molar-refractivity contribution in [1.29, 1.82) is 0 Å². The Labute approximate surface area is 273 Å². The largest absolute Gasteiger partial charge is 0.457 e. The fourth-order valence-corrected chi connectivity index (χ4v) is 7.27. The average Bonchev–Trinajstić information content (AvgIpc) is 3.59. The lowest BCUT2D eigenvalue weighted by atomic mass is 9.85. The van der Waals surface area contributed by atoms with E-state index in [0.717, 1.165) is 44.9 Å². The van der Waals surface area contributed by atoms with E-state index >= 15 is 0 Å². The minimum absolute atomic E-state index is 0.171. The third-order valence-electron chi connectivity index (χ3n) is 9.39. The molecule has 2 aromatic heterocycles. The lowest BCUT2D eigenvalue weighted by molar-refractivity contribution is 0.483. The summed E-state index contributed by atoms with van der Waals surface area (Å²) < 4.78 is 8.61. The number of hydrogen-bond acceptors (Lipinski definition) is 3. The summed E-state index contributed by atoms with van der Waals surface area (Å²) in [4.78, 5) is 10.4. The zero-order valence-electron chi connectivity index (χ0n) is 26.2. The van der Waals surface area contributed by atoms with Crippen LogP contribution < -0.4 is 4.74 Å². The molecule has 47 heavy (non-hydrogen) atoms. The van der Waals surface area contributed by atoms with Gasteiger partial charge in [-0.3, -0.25) is 0 Å². The highest BCUT2D eigenvalue weighted by Gasteiger charge is 2.40. The molecule has 9 rings (SSSR count). The van der Waals surface area contributed by atoms with E-state index in [4.69, 9.17) is 14.7 Å². The van der Waals surface area contributed by atoms with Crippen molar-refractivity contribution in [2.24, 2.45) is 0 Å². The summed E-state index contributed by atoms with van der Waals surface area (Å²) in [7, 11) is 0. The summed E-state index contributed by atoms with van der Waals surface area (Å²) in [6.07, 6.45) is 0. The average molecular weight is 606 g/mol. The molecule has 2 heterocycles. The Bertz CT molecular complexity index is 2460. The molecule has 224 valence electrons. The van der Waals surface area contributed by atoms with Crippen molar-refractivity contribution < 1.29 is 4.74 Å². The van der Waals surface area contributed by atoms with Gasteiger partial charge in [0.2, 0.25) is 0 Å². The fourth-order valence-electron chi connectivity index (χ4n) is 7.27. The Morgan fingerprint density at radius 1 is 0.574 bits per heavy atom. The van der Waals surface area contributed by atoms with Crippen molar-refractivity contribution in [1.82, 2.24) is 14.5 Å². The van der Waals surface area contributed by atoms with Gasteiger partial charge in [0.25, 0.3) is 0 Å². The summed E-state index contributed by atoms with van der Waals surface area (Å²) in [5, 5.41) is 2.28. The molecule has 0 fully saturated rings. The molecule has 0 unspecified atom stereocenters. The van der Waals surface area contributed by atoms with E-state index in [9.17, 15) is 0 Å². The molecular weight excluding hydrogens is 574 g/mol. The Balaban J connectivity index is 1.24. The van der Waals surface area contributed by atoms with Gasteiger partial charge in [-0.15, -0.1) is 0 Å². The molecule has 0 amide bonds. The van der Waals surface area contributed by atoms with E-state index in [1.165, 1.54) is 33.3 Å². The van der Waals surface area contributed by atoms with Crippen molar-refractivity contribution in [2.75, 3.05) is 0 Å². The van der Waals surface area contributed by atoms with Crippen LogP contribution in [0.25, 0.3) is 61.3 Å². The summed E-state index contributed by atoms with van der Waals surface area (Å²) >= 11 is 0. The van der Waals surface area contributed by atoms with Crippen molar-refractivity contribution in [3.05, 3.63) is 163 Å². The maximum atomic E-state index is 6.15. The Kier molecular flexibility index (Phi) is 6.12. The van der Waals surface area contributed by atoms with Crippen LogP contribution in [0, 0.1) is 0 Å². The second-order valence-corrected chi connectivity index (χ2v) is 12.7. The van der Waals surface area contributed by atoms with E-state index in [-0.39, 0.29) is 5.41 Å². The van der Waals surface area contributed by atoms with Gasteiger partial charge in [0, 0.05) is 44.3 Å². The molecule has 6 aromatic carbocycles. The topological polar surface area (TPSA) is 39.9 Å². The summed E-state index contributed by atoms with van der Waals surface area (Å²) in [5.74, 6) is 2.19. The van der Waals surface area contributed by atoms with Gasteiger partial charge >= 0.3 is 0 Å². The molecule has 0 radical (unpaired) electrons. The number of ether oxygens (including phenoxy) is 1. The van der Waals surface area contributed by atoms with Crippen LogP contribution in [0.4, 0.5) is 0 Å². The lowest BCUT2D eigenvalue weighted by Gasteiger charge is -2.25. The number of para-hydroxylation sites is 2. The van der Waals surface area contributed by atoms with Crippen LogP contribution in [0.15, 0.2) is 152 Å². The predicted octanol–water partition coefficient (Wildman–Crippen LogP) is 11.0. The SMILES string of the molecule is CC1(C)c2ccccc2-c2c1n(-c1ccc3nc(-c4cccc(Oc5ccccc5)c4)nc(-c4ccccc4)c3c1)c1ccccc21. The molecule has 0 N–H and O–H groups in total. The first-order valence-electron chi connectivity index (χ1n) is 16.0. The number of fused-ring (bicyclic) bond motifs is 6. The van der Waals surface area contributed by atoms with Crippen LogP contribution in [0.2, 0.25) is 0 Å². The van der Waals surface area contributed by atoms with Crippen LogP contribution in [0.5, 0.6) is 11.5 Å². The first-order valence-corrected chi connectivity index (χ1v) is 16.0. The quantitative estimate of drug-likeness (QED) is 0.196. The van der Waals surface area contributed by atoms with Gasteiger partial charge in [-0.05, 0) is 59.7 Å². The number of aromatic nitrogens is 3. The Morgan fingerprint density at radius 2 is 1.28 bits per heavy atom. The van der Waals surface area contributed by atoms with Crippen molar-refractivity contribution in [3.8, 4) is 51.0 Å². The van der Waals surface area contributed by atoms with Crippen LogP contribution in [-0.4, -0.2) is 14.5 Å². The van der Waals surface area contributed by atoms with E-state index in [2.05, 4.69) is 109 Å². The molecule has 1 aliphatic rings. The molecule has 1 aliphatic carbocycles. The highest BCUT2D eigenvalue weighted by molar-refractivity contribution is 6.04. The van der Waals surface area contributed by atoms with Crippen molar-refractivity contribution in [2.45, 2.75) is 19.3 Å². The predicted molar refractivity (Wildman–Crippen MR) is 191 cm³/mol. The fraction of sp³-hybridized carbons (Fsp3) is 0.0698. The van der Waals surface area contributed by atoms with E-state index in [1.54, 1.807) is 0 Å². The third kappa shape index (κ3) is 4.37. The summed E-state index contributed by atoms with van der Waals surface area (Å²) in [6.45, 7) is 4.68. The van der Waals surface area contributed by atoms with Crippen molar-refractivity contribution >= 4 is 21.8 Å². The molecule has 4 heteroatoms. The van der Waals surface area contributed by atoms with Crippen LogP contribution in [0.1, 0.15) is 25.1 Å². The smallest absolute Gasteiger partial charge is 0.160 e. The molecule has 4 nitrogen and oxygen atoms in total. The van der Waals surface area contributed by atoms with Gasteiger partial charge in [-0.2, -0.15) is 0 Å². The zero-order chi connectivity index (χ0) is 31.5. The molecule has 0 aliphatic heterocycles. The highest BCUT2D eigenvalue weighted by Crippen LogP contribution is 2.53. The van der Waals surface area contributed by atoms with E-state index in [0.29, 0.717) is 5.82 Å². The number of hydrogen-bond donors (Lipinski definition) is 0. The molecular formula is C43H31N3O. The maximum Gasteiger partial charge on any atom is 0.160 e. The van der Waals surface area contributed by atoms with Gasteiger partial charge in [-0.1, -0.05) is 117 Å². The maximum absolute atomic E-state index is 6.15. The van der Waals surface area contributed by atoms with Crippen LogP contribution in [-0.2, 0) is 5.41 Å². The lowest BCUT2D eigenvalue weighted by Crippen LogP contribution is -2.19. The Morgan fingerprint density at radius 3 is 2.13 bits per heavy atom. The van der Waals surface area contributed by atoms with E-state index < -0.39 is 0 Å². The van der Waals surface area contributed by atoms with Gasteiger partial charge in [0.1, 0.15) is 11.5 Å². The monoisotopic (exact) mass is 605 g/mol. The third-order valence-corrected chi connectivity index (χ3v) is 9.39. The Hall–Kier alpha value is -6.00. The van der Waals surface area contributed by atoms with Crippen LogP contribution >= 0.6 is 0 Å². The van der Waals surface area contributed by atoms with Crippen molar-refractivity contribution in [3.63, 3.8) is 0 Å². The highest BCUT2D eigenvalue weighted by atomic mass is 16.5. The van der Waals surface area contributed by atoms with E-state index in [1.807, 2.05) is 60.7 Å². The van der Waals surface area contributed by atoms with Crippen LogP contribution in [0.3, 0.4) is 0 Å².